The molecule has 1 aromatic carbocycles. The molecule has 0 N–H and O–H groups in total. The van der Waals surface area contributed by atoms with Gasteiger partial charge in [0.25, 0.3) is 0 Å². The first-order chi connectivity index (χ1) is 14.8. The molecule has 5 rings (SSSR count). The third-order valence-corrected chi connectivity index (χ3v) is 7.16. The molecular formula is C22H17N5S3. The molecule has 5 nitrogen and oxygen atoms in total. The summed E-state index contributed by atoms with van der Waals surface area (Å²) in [5.74, 6) is 1.52. The van der Waals surface area contributed by atoms with E-state index in [2.05, 4.69) is 61.0 Å². The fourth-order valence-electron chi connectivity index (χ4n) is 3.11. The van der Waals surface area contributed by atoms with Gasteiger partial charge in [-0.2, -0.15) is 11.3 Å². The first-order valence-corrected chi connectivity index (χ1v) is 12.1. The first-order valence-electron chi connectivity index (χ1n) is 9.31. The Morgan fingerprint density at radius 3 is 2.73 bits per heavy atom. The van der Waals surface area contributed by atoms with Crippen LogP contribution in [-0.2, 0) is 5.75 Å². The zero-order valence-corrected chi connectivity index (χ0v) is 18.5. The standard InChI is InChI=1S/C22H17N5S3/c1-15-5-2-3-7-19(15)27-20(16-6-4-9-23-11-16)25-26-22(27)30-14-18-13-29-21(24-18)17-8-10-28-12-17/h2-13H,14H2,1H3. The van der Waals surface area contributed by atoms with E-state index in [0.717, 1.165) is 44.2 Å². The third kappa shape index (κ3) is 3.81. The van der Waals surface area contributed by atoms with Gasteiger partial charge in [0.1, 0.15) is 5.01 Å². The van der Waals surface area contributed by atoms with Crippen molar-refractivity contribution in [3.05, 3.63) is 82.3 Å². The van der Waals surface area contributed by atoms with Crippen LogP contribution in [0, 0.1) is 6.92 Å². The summed E-state index contributed by atoms with van der Waals surface area (Å²) >= 11 is 5.01. The van der Waals surface area contributed by atoms with Crippen LogP contribution in [0.1, 0.15) is 11.3 Å². The SMILES string of the molecule is Cc1ccccc1-n1c(SCc2csc(-c3ccsc3)n2)nnc1-c1cccnc1. The van der Waals surface area contributed by atoms with E-state index in [1.165, 1.54) is 5.56 Å². The van der Waals surface area contributed by atoms with Crippen molar-refractivity contribution in [3.8, 4) is 27.6 Å². The monoisotopic (exact) mass is 447 g/mol. The number of thioether (sulfide) groups is 1. The molecule has 4 heterocycles. The summed E-state index contributed by atoms with van der Waals surface area (Å²) in [7, 11) is 0. The van der Waals surface area contributed by atoms with Crippen LogP contribution < -0.4 is 0 Å². The van der Waals surface area contributed by atoms with E-state index in [1.807, 2.05) is 30.5 Å². The molecule has 0 unspecified atom stereocenters. The second-order valence-electron chi connectivity index (χ2n) is 6.61. The second-order valence-corrected chi connectivity index (χ2v) is 9.20. The normalized spacial score (nSPS) is 11.1. The number of aromatic nitrogens is 5. The summed E-state index contributed by atoms with van der Waals surface area (Å²) < 4.78 is 2.11. The lowest BCUT2D eigenvalue weighted by molar-refractivity contribution is 0.879. The minimum atomic E-state index is 0.734. The summed E-state index contributed by atoms with van der Waals surface area (Å²) in [6.45, 7) is 2.10. The molecule has 0 aliphatic carbocycles. The van der Waals surface area contributed by atoms with E-state index >= 15 is 0 Å². The van der Waals surface area contributed by atoms with Gasteiger partial charge in [-0.05, 0) is 42.1 Å². The maximum Gasteiger partial charge on any atom is 0.196 e. The molecule has 0 radical (unpaired) electrons. The number of para-hydroxylation sites is 1. The van der Waals surface area contributed by atoms with E-state index in [1.54, 1.807) is 40.6 Å². The number of nitrogens with zero attached hydrogens (tertiary/aromatic N) is 5. The summed E-state index contributed by atoms with van der Waals surface area (Å²) in [6.07, 6.45) is 3.59. The third-order valence-electron chi connectivity index (χ3n) is 4.58. The van der Waals surface area contributed by atoms with Gasteiger partial charge in [-0.3, -0.25) is 9.55 Å². The van der Waals surface area contributed by atoms with Crippen LogP contribution in [-0.4, -0.2) is 24.7 Å². The number of pyridine rings is 1. The number of rotatable bonds is 6. The quantitative estimate of drug-likeness (QED) is 0.294. The van der Waals surface area contributed by atoms with Gasteiger partial charge in [0.05, 0.1) is 11.4 Å². The molecule has 8 heteroatoms. The highest BCUT2D eigenvalue weighted by Crippen LogP contribution is 2.32. The fourth-order valence-corrected chi connectivity index (χ4v) is 5.58. The molecule has 148 valence electrons. The van der Waals surface area contributed by atoms with Crippen molar-refractivity contribution < 1.29 is 0 Å². The molecule has 30 heavy (non-hydrogen) atoms. The van der Waals surface area contributed by atoms with Gasteiger partial charge in [0.15, 0.2) is 11.0 Å². The van der Waals surface area contributed by atoms with Crippen LogP contribution in [0.2, 0.25) is 0 Å². The number of hydrogen-bond acceptors (Lipinski definition) is 7. The molecule has 0 bridgehead atoms. The number of thiophene rings is 1. The van der Waals surface area contributed by atoms with Crippen molar-refractivity contribution in [1.29, 1.82) is 0 Å². The Balaban J connectivity index is 1.48. The molecule has 4 aromatic heterocycles. The largest absolute Gasteiger partial charge is 0.270 e. The summed E-state index contributed by atoms with van der Waals surface area (Å²) in [5, 5.41) is 17.2. The van der Waals surface area contributed by atoms with E-state index in [4.69, 9.17) is 4.98 Å². The molecule has 0 saturated carbocycles. The lowest BCUT2D eigenvalue weighted by Crippen LogP contribution is -2.02. The van der Waals surface area contributed by atoms with Crippen molar-refractivity contribution in [2.45, 2.75) is 17.8 Å². The highest BCUT2D eigenvalue weighted by Gasteiger charge is 2.18. The van der Waals surface area contributed by atoms with Crippen LogP contribution in [0.15, 0.2) is 76.2 Å². The number of hydrogen-bond donors (Lipinski definition) is 0. The van der Waals surface area contributed by atoms with E-state index in [9.17, 15) is 0 Å². The van der Waals surface area contributed by atoms with Gasteiger partial charge in [-0.15, -0.1) is 21.5 Å². The topological polar surface area (TPSA) is 56.5 Å². The minimum absolute atomic E-state index is 0.734. The Labute approximate surface area is 186 Å². The zero-order chi connectivity index (χ0) is 20.3. The maximum absolute atomic E-state index is 4.79. The van der Waals surface area contributed by atoms with Gasteiger partial charge < -0.3 is 0 Å². The van der Waals surface area contributed by atoms with Crippen molar-refractivity contribution in [1.82, 2.24) is 24.7 Å². The molecule has 0 aliphatic heterocycles. The van der Waals surface area contributed by atoms with Crippen molar-refractivity contribution in [2.24, 2.45) is 0 Å². The number of benzene rings is 1. The molecule has 0 saturated heterocycles. The molecule has 0 fully saturated rings. The average Bonchev–Trinajstić information content (AvgIpc) is 3.53. The highest BCUT2D eigenvalue weighted by molar-refractivity contribution is 7.98. The van der Waals surface area contributed by atoms with Gasteiger partial charge in [-0.25, -0.2) is 4.98 Å². The summed E-state index contributed by atoms with van der Waals surface area (Å²) in [5.41, 5.74) is 5.41. The molecule has 5 aromatic rings. The van der Waals surface area contributed by atoms with Gasteiger partial charge in [0, 0.05) is 40.0 Å². The Kier molecular flexibility index (Phi) is 5.44. The average molecular weight is 448 g/mol. The Morgan fingerprint density at radius 1 is 1.00 bits per heavy atom. The van der Waals surface area contributed by atoms with Crippen LogP contribution in [0.25, 0.3) is 27.6 Å². The first kappa shape index (κ1) is 19.2. The number of aryl methyl sites for hydroxylation is 1. The van der Waals surface area contributed by atoms with Crippen LogP contribution in [0.3, 0.4) is 0 Å². The molecular weight excluding hydrogens is 430 g/mol. The smallest absolute Gasteiger partial charge is 0.196 e. The molecule has 0 amide bonds. The fraction of sp³-hybridized carbons (Fsp3) is 0.0909. The van der Waals surface area contributed by atoms with E-state index < -0.39 is 0 Å². The van der Waals surface area contributed by atoms with Crippen molar-refractivity contribution in [2.75, 3.05) is 0 Å². The molecule has 0 atom stereocenters. The lowest BCUT2D eigenvalue weighted by atomic mass is 10.2. The van der Waals surface area contributed by atoms with E-state index in [-0.39, 0.29) is 0 Å². The van der Waals surface area contributed by atoms with Crippen LogP contribution in [0.5, 0.6) is 0 Å². The second kappa shape index (κ2) is 8.51. The van der Waals surface area contributed by atoms with Gasteiger partial charge in [0.2, 0.25) is 0 Å². The summed E-state index contributed by atoms with van der Waals surface area (Å²) in [6, 6.07) is 14.3. The van der Waals surface area contributed by atoms with Gasteiger partial charge in [-0.1, -0.05) is 30.0 Å². The Morgan fingerprint density at radius 2 is 1.93 bits per heavy atom. The predicted molar refractivity (Wildman–Crippen MR) is 124 cm³/mol. The van der Waals surface area contributed by atoms with Crippen LogP contribution in [0.4, 0.5) is 0 Å². The van der Waals surface area contributed by atoms with Gasteiger partial charge >= 0.3 is 0 Å². The highest BCUT2D eigenvalue weighted by atomic mass is 32.2. The van der Waals surface area contributed by atoms with Crippen LogP contribution >= 0.6 is 34.4 Å². The number of thiazole rings is 1. The molecule has 0 spiro atoms. The Bertz CT molecular complexity index is 1260. The minimum Gasteiger partial charge on any atom is -0.270 e. The van der Waals surface area contributed by atoms with Crippen molar-refractivity contribution >= 4 is 34.4 Å². The van der Waals surface area contributed by atoms with E-state index in [0.29, 0.717) is 0 Å². The zero-order valence-electron chi connectivity index (χ0n) is 16.1. The maximum atomic E-state index is 4.79. The Hall–Kier alpha value is -2.81. The van der Waals surface area contributed by atoms with Crippen molar-refractivity contribution in [3.63, 3.8) is 0 Å². The molecule has 0 aliphatic rings. The summed E-state index contributed by atoms with van der Waals surface area (Å²) in [4.78, 5) is 9.04. The predicted octanol–water partition coefficient (Wildman–Crippen LogP) is 6.12. The lowest BCUT2D eigenvalue weighted by Gasteiger charge is -2.12.